The molecule has 2 aliphatic heterocycles. The molecule has 0 bridgehead atoms. The normalized spacial score (nSPS) is 20.2. The third kappa shape index (κ3) is 12.4. The van der Waals surface area contributed by atoms with Gasteiger partial charge in [0.1, 0.15) is 46.4 Å². The van der Waals surface area contributed by atoms with Crippen LogP contribution in [0.4, 0.5) is 17.5 Å². The number of amides is 4. The smallest absolute Gasteiger partial charge is 0.271 e. The average molecular weight is 1090 g/mol. The number of piperazine rings is 1. The van der Waals surface area contributed by atoms with Crippen LogP contribution in [-0.4, -0.2) is 154 Å². The zero-order valence-corrected chi connectivity index (χ0v) is 46.8. The number of aromatic nitrogens is 6. The lowest BCUT2D eigenvalue weighted by atomic mass is 9.83. The van der Waals surface area contributed by atoms with Gasteiger partial charge in [-0.05, 0) is 117 Å². The highest BCUT2D eigenvalue weighted by Gasteiger charge is 2.45. The van der Waals surface area contributed by atoms with Crippen LogP contribution < -0.4 is 36.2 Å². The van der Waals surface area contributed by atoms with Gasteiger partial charge in [-0.1, -0.05) is 43.5 Å². The van der Waals surface area contributed by atoms with Crippen molar-refractivity contribution < 1.29 is 32.3 Å². The molecule has 3 fully saturated rings. The molecular weight excluding hydrogens is 1010 g/mol. The molecule has 78 heavy (non-hydrogen) atoms. The Labute approximate surface area is 457 Å². The largest absolute Gasteiger partial charge is 0.492 e. The van der Waals surface area contributed by atoms with Gasteiger partial charge in [-0.25, -0.2) is 28.4 Å². The maximum absolute atomic E-state index is 14.8. The lowest BCUT2D eigenvalue weighted by Crippen LogP contribution is -2.58. The molecule has 6 N–H and O–H groups in total. The molecule has 5 aromatic rings. The Kier molecular flexibility index (Phi) is 17.3. The number of aromatic amines is 1. The summed E-state index contributed by atoms with van der Waals surface area (Å²) in [5, 5.41) is 23.4. The molecule has 2 aliphatic carbocycles. The van der Waals surface area contributed by atoms with Gasteiger partial charge in [0.2, 0.25) is 17.7 Å². The summed E-state index contributed by atoms with van der Waals surface area (Å²) in [7, 11) is -2.15. The Morgan fingerprint density at radius 1 is 0.897 bits per heavy atom. The number of aryl methyl sites for hydroxylation is 2. The van der Waals surface area contributed by atoms with Gasteiger partial charge in [0, 0.05) is 68.0 Å². The molecule has 1 unspecified atom stereocenters. The van der Waals surface area contributed by atoms with Gasteiger partial charge in [-0.3, -0.25) is 29.2 Å². The molecule has 4 aliphatic rings. The summed E-state index contributed by atoms with van der Waals surface area (Å²) in [4.78, 5) is 80.6. The second-order valence-electron chi connectivity index (χ2n) is 22.4. The molecule has 0 radical (unpaired) electrons. The minimum absolute atomic E-state index is 0.0709. The van der Waals surface area contributed by atoms with Gasteiger partial charge in [0.05, 0.1) is 41.3 Å². The van der Waals surface area contributed by atoms with Gasteiger partial charge in [0.25, 0.3) is 5.91 Å². The second-order valence-corrected chi connectivity index (χ2v) is 25.0. The molecule has 4 amide bonds. The SMILES string of the molecule is CN[C@@H](C)C(=O)NC(C(=O)N1C[C@@H](NC(=O)c2cnc(N3CCN(CCCOc4cc5ncnc(Nc6n[nH]c(C)c6C)c5cc4S(=O)(=O)C(C)(C)C)CC3)cn2)C[C@H]1C(=O)N[C@@H]1CCCc2ccccc21)C1CCCCC1. The Hall–Kier alpha value is -6.78. The standard InChI is InChI=1S/C56H76N14O7S/c1-34-35(2)66-67-50(34)65-51-41-28-47(78(75,76)56(4,5)6)46(29-43(41)60-33-61-51)77-26-14-21-68-22-24-69(25-23-68)48-31-58-44(30-59-48)53(72)62-39-27-45(54(73)63-42-20-13-18-37-15-11-12-19-40(37)42)70(32-39)55(74)49(38-16-9-8-10-17-38)64-52(71)36(3)57-7/h11-12,15,19,28-31,33,36,38-39,42,45,49,57H,8-10,13-14,16-18,20-27,32H2,1-7H3,(H,62,72)(H,63,73)(H,64,71)(H2,60,61,65,66,67)/t36-,39-,42+,45-,49?/m0/s1. The van der Waals surface area contributed by atoms with Crippen molar-refractivity contribution >= 4 is 61.8 Å². The number of hydrogen-bond donors (Lipinski definition) is 6. The molecule has 9 rings (SSSR count). The van der Waals surface area contributed by atoms with E-state index < -0.39 is 44.7 Å². The molecule has 0 spiro atoms. The summed E-state index contributed by atoms with van der Waals surface area (Å²) in [6.45, 7) is 14.5. The number of carbonyl (C=O) groups excluding carboxylic acids is 4. The van der Waals surface area contributed by atoms with Crippen molar-refractivity contribution in [3.8, 4) is 5.75 Å². The van der Waals surface area contributed by atoms with E-state index in [-0.39, 0.29) is 65.6 Å². The fourth-order valence-corrected chi connectivity index (χ4v) is 12.4. The Morgan fingerprint density at radius 2 is 1.67 bits per heavy atom. The minimum Gasteiger partial charge on any atom is -0.492 e. The van der Waals surface area contributed by atoms with E-state index in [2.05, 4.69) is 78.6 Å². The van der Waals surface area contributed by atoms with E-state index in [0.717, 1.165) is 87.8 Å². The van der Waals surface area contributed by atoms with Crippen LogP contribution in [-0.2, 0) is 30.6 Å². The van der Waals surface area contributed by atoms with E-state index >= 15 is 0 Å². The number of carbonyl (C=O) groups is 4. The number of likely N-dealkylation sites (tertiary alicyclic amines) is 1. The van der Waals surface area contributed by atoms with Crippen molar-refractivity contribution in [2.24, 2.45) is 5.92 Å². The highest BCUT2D eigenvalue weighted by molar-refractivity contribution is 7.92. The van der Waals surface area contributed by atoms with E-state index in [9.17, 15) is 27.6 Å². The number of fused-ring (bicyclic) bond motifs is 2. The van der Waals surface area contributed by atoms with Gasteiger partial charge in [-0.15, -0.1) is 0 Å². The van der Waals surface area contributed by atoms with Crippen LogP contribution in [0.25, 0.3) is 10.9 Å². The Morgan fingerprint density at radius 3 is 2.37 bits per heavy atom. The number of ether oxygens (including phenoxy) is 1. The number of nitrogens with one attached hydrogen (secondary N) is 6. The van der Waals surface area contributed by atoms with E-state index in [4.69, 9.17) is 4.74 Å². The summed E-state index contributed by atoms with van der Waals surface area (Å²) in [6.07, 6.45) is 12.5. The number of likely N-dealkylation sites (N-methyl/N-ethyl adjacent to an activating group) is 1. The number of benzene rings is 2. The first kappa shape index (κ1) is 56.0. The van der Waals surface area contributed by atoms with Crippen molar-refractivity contribution in [2.45, 2.75) is 146 Å². The van der Waals surface area contributed by atoms with Crippen LogP contribution in [0, 0.1) is 19.8 Å². The van der Waals surface area contributed by atoms with Gasteiger partial charge in [-0.2, -0.15) is 5.10 Å². The first-order valence-corrected chi connectivity index (χ1v) is 29.1. The Balaban J connectivity index is 0.809. The van der Waals surface area contributed by atoms with Gasteiger partial charge in [0.15, 0.2) is 15.7 Å². The highest BCUT2D eigenvalue weighted by atomic mass is 32.2. The fourth-order valence-electron chi connectivity index (χ4n) is 11.1. The van der Waals surface area contributed by atoms with Crippen molar-refractivity contribution in [2.75, 3.05) is 63.1 Å². The highest BCUT2D eigenvalue weighted by Crippen LogP contribution is 2.38. The summed E-state index contributed by atoms with van der Waals surface area (Å²) in [6, 6.07) is 8.43. The third-order valence-corrected chi connectivity index (χ3v) is 18.7. The second kappa shape index (κ2) is 24.1. The number of hydrogen-bond acceptors (Lipinski definition) is 16. The van der Waals surface area contributed by atoms with Crippen molar-refractivity contribution in [1.29, 1.82) is 0 Å². The molecule has 2 aromatic carbocycles. The van der Waals surface area contributed by atoms with Crippen molar-refractivity contribution in [3.63, 3.8) is 0 Å². The summed E-state index contributed by atoms with van der Waals surface area (Å²) < 4.78 is 33.2. The van der Waals surface area contributed by atoms with Gasteiger partial charge >= 0.3 is 0 Å². The molecule has 21 nitrogen and oxygen atoms in total. The fraction of sp³-hybridized carbons (Fsp3) is 0.554. The van der Waals surface area contributed by atoms with Crippen LogP contribution in [0.1, 0.15) is 124 Å². The number of nitrogens with zero attached hydrogens (tertiary/aromatic N) is 8. The van der Waals surface area contributed by atoms with Crippen molar-refractivity contribution in [3.05, 3.63) is 83.2 Å². The lowest BCUT2D eigenvalue weighted by Gasteiger charge is -2.35. The van der Waals surface area contributed by atoms with Gasteiger partial charge < -0.3 is 41.1 Å². The first-order chi connectivity index (χ1) is 37.4. The zero-order chi connectivity index (χ0) is 55.3. The quantitative estimate of drug-likeness (QED) is 0.0614. The topological polar surface area (TPSA) is 262 Å². The Bertz CT molecular complexity index is 3080. The number of sulfone groups is 1. The van der Waals surface area contributed by atoms with Crippen LogP contribution in [0.15, 0.2) is 60.0 Å². The maximum atomic E-state index is 14.8. The van der Waals surface area contributed by atoms with Crippen LogP contribution in [0.3, 0.4) is 0 Å². The van der Waals surface area contributed by atoms with E-state index in [1.54, 1.807) is 58.0 Å². The molecular formula is C56H76N14O7S. The molecule has 2 saturated heterocycles. The summed E-state index contributed by atoms with van der Waals surface area (Å²) in [5.41, 5.74) is 4.75. The molecule has 1 saturated carbocycles. The average Bonchev–Trinajstić information content (AvgIpc) is 4.07. The lowest BCUT2D eigenvalue weighted by molar-refractivity contribution is -0.143. The van der Waals surface area contributed by atoms with E-state index in [1.807, 2.05) is 26.0 Å². The molecule has 418 valence electrons. The zero-order valence-electron chi connectivity index (χ0n) is 46.0. The van der Waals surface area contributed by atoms with Crippen LogP contribution in [0.2, 0.25) is 0 Å². The van der Waals surface area contributed by atoms with Crippen LogP contribution in [0.5, 0.6) is 5.75 Å². The maximum Gasteiger partial charge on any atom is 0.271 e. The first-order valence-electron chi connectivity index (χ1n) is 27.6. The third-order valence-electron chi connectivity index (χ3n) is 16.1. The molecule has 3 aromatic heterocycles. The van der Waals surface area contributed by atoms with Crippen LogP contribution >= 0.6 is 0 Å². The predicted octanol–water partition coefficient (Wildman–Crippen LogP) is 5.23. The number of rotatable bonds is 18. The van der Waals surface area contributed by atoms with E-state index in [1.165, 1.54) is 18.1 Å². The number of anilines is 3. The molecule has 22 heteroatoms. The molecule has 5 atom stereocenters. The minimum atomic E-state index is -3.85. The summed E-state index contributed by atoms with van der Waals surface area (Å²) >= 11 is 0. The predicted molar refractivity (Wildman–Crippen MR) is 297 cm³/mol. The summed E-state index contributed by atoms with van der Waals surface area (Å²) in [5.74, 6) is 0.493. The van der Waals surface area contributed by atoms with Crippen molar-refractivity contribution in [1.82, 2.24) is 61.2 Å². The van der Waals surface area contributed by atoms with E-state index in [0.29, 0.717) is 47.9 Å². The number of H-pyrrole nitrogens is 1. The monoisotopic (exact) mass is 1090 g/mol. The molecule has 5 heterocycles.